The van der Waals surface area contributed by atoms with Gasteiger partial charge in [-0.3, -0.25) is 5.10 Å². The van der Waals surface area contributed by atoms with Gasteiger partial charge in [0.25, 0.3) is 0 Å². The minimum atomic E-state index is -0.104. The van der Waals surface area contributed by atoms with Crippen LogP contribution in [-0.4, -0.2) is 19.9 Å². The summed E-state index contributed by atoms with van der Waals surface area (Å²) in [7, 11) is 0. The van der Waals surface area contributed by atoms with Crippen molar-refractivity contribution >= 4 is 23.6 Å². The van der Waals surface area contributed by atoms with E-state index in [4.69, 9.17) is 12.2 Å². The number of aromatic nitrogens is 3. The molecule has 17 heavy (non-hydrogen) atoms. The highest BCUT2D eigenvalue weighted by Crippen LogP contribution is 2.29. The number of hydrogen-bond donors (Lipinski definition) is 2. The van der Waals surface area contributed by atoms with E-state index in [1.165, 1.54) is 4.88 Å². The molecule has 0 radical (unpaired) electrons. The number of aliphatic hydroxyl groups is 1. The largest absolute Gasteiger partial charge is 0.388 e. The van der Waals surface area contributed by atoms with Crippen LogP contribution in [0, 0.1) is 4.77 Å². The quantitative estimate of drug-likeness (QED) is 0.838. The van der Waals surface area contributed by atoms with Gasteiger partial charge in [-0.15, -0.1) is 11.3 Å². The van der Waals surface area contributed by atoms with Gasteiger partial charge in [-0.25, -0.2) is 0 Å². The maximum absolute atomic E-state index is 9.21. The average Bonchev–Trinajstić information content (AvgIpc) is 2.90. The summed E-state index contributed by atoms with van der Waals surface area (Å²) in [5.41, 5.74) is -0.0276. The zero-order valence-corrected chi connectivity index (χ0v) is 11.4. The van der Waals surface area contributed by atoms with Crippen LogP contribution in [0.5, 0.6) is 0 Å². The van der Waals surface area contributed by atoms with Crippen molar-refractivity contribution in [3.05, 3.63) is 33.0 Å². The molecule has 0 spiro atoms. The van der Waals surface area contributed by atoms with Gasteiger partial charge < -0.3 is 9.67 Å². The van der Waals surface area contributed by atoms with E-state index in [0.717, 1.165) is 0 Å². The van der Waals surface area contributed by atoms with Gasteiger partial charge in [-0.1, -0.05) is 19.9 Å². The third-order valence-electron chi connectivity index (χ3n) is 2.72. The first kappa shape index (κ1) is 12.5. The van der Waals surface area contributed by atoms with Crippen LogP contribution in [0.1, 0.15) is 24.5 Å². The molecule has 0 fully saturated rings. The number of H-pyrrole nitrogens is 1. The normalized spacial score (nSPS) is 11.9. The fraction of sp³-hybridized carbons (Fsp3) is 0.455. The van der Waals surface area contributed by atoms with Crippen molar-refractivity contribution in [3.63, 3.8) is 0 Å². The highest BCUT2D eigenvalue weighted by atomic mass is 32.1. The highest BCUT2D eigenvalue weighted by molar-refractivity contribution is 7.71. The second kappa shape index (κ2) is 4.72. The van der Waals surface area contributed by atoms with E-state index in [0.29, 0.717) is 17.1 Å². The van der Waals surface area contributed by atoms with Crippen molar-refractivity contribution in [1.29, 1.82) is 0 Å². The number of aliphatic hydroxyl groups excluding tert-OH is 1. The van der Waals surface area contributed by atoms with Crippen LogP contribution in [0.3, 0.4) is 0 Å². The molecule has 0 aliphatic carbocycles. The van der Waals surface area contributed by atoms with Crippen LogP contribution in [0.15, 0.2) is 17.5 Å². The Morgan fingerprint density at radius 2 is 2.35 bits per heavy atom. The molecule has 0 bridgehead atoms. The Balaban J connectivity index is 2.32. The molecular formula is C11H15N3OS2. The molecule has 2 heterocycles. The molecular weight excluding hydrogens is 254 g/mol. The zero-order chi connectivity index (χ0) is 12.5. The summed E-state index contributed by atoms with van der Waals surface area (Å²) in [6.45, 7) is 4.93. The minimum absolute atomic E-state index is 0.0276. The Hall–Kier alpha value is -0.980. The molecule has 2 N–H and O–H groups in total. The molecule has 0 amide bonds. The van der Waals surface area contributed by atoms with Crippen molar-refractivity contribution in [2.75, 3.05) is 0 Å². The zero-order valence-electron chi connectivity index (χ0n) is 9.80. The van der Waals surface area contributed by atoms with Gasteiger partial charge in [-0.2, -0.15) is 5.10 Å². The average molecular weight is 269 g/mol. The molecule has 6 heteroatoms. The van der Waals surface area contributed by atoms with Crippen LogP contribution in [0.2, 0.25) is 0 Å². The van der Waals surface area contributed by atoms with E-state index in [1.54, 1.807) is 11.3 Å². The summed E-state index contributed by atoms with van der Waals surface area (Å²) in [5, 5.41) is 18.0. The third kappa shape index (κ3) is 2.48. The lowest BCUT2D eigenvalue weighted by atomic mass is 9.91. The van der Waals surface area contributed by atoms with Gasteiger partial charge in [0, 0.05) is 16.8 Å². The number of nitrogens with zero attached hydrogens (tertiary/aromatic N) is 2. The van der Waals surface area contributed by atoms with E-state index < -0.39 is 0 Å². The highest BCUT2D eigenvalue weighted by Gasteiger charge is 2.24. The van der Waals surface area contributed by atoms with E-state index in [1.807, 2.05) is 10.6 Å². The molecule has 0 unspecified atom stereocenters. The second-order valence-electron chi connectivity index (χ2n) is 4.55. The maximum Gasteiger partial charge on any atom is 0.195 e. The van der Waals surface area contributed by atoms with Gasteiger partial charge in [-0.05, 0) is 23.7 Å². The third-order valence-corrected chi connectivity index (χ3v) is 4.27. The van der Waals surface area contributed by atoms with Crippen LogP contribution >= 0.6 is 23.6 Å². The van der Waals surface area contributed by atoms with Crippen LogP contribution in [0.25, 0.3) is 0 Å². The maximum atomic E-state index is 9.21. The van der Waals surface area contributed by atoms with Crippen LogP contribution < -0.4 is 0 Å². The Kier molecular flexibility index (Phi) is 3.46. The lowest BCUT2D eigenvalue weighted by Crippen LogP contribution is -2.24. The Morgan fingerprint density at radius 1 is 1.59 bits per heavy atom. The van der Waals surface area contributed by atoms with Crippen molar-refractivity contribution in [2.45, 2.75) is 32.4 Å². The van der Waals surface area contributed by atoms with E-state index in [9.17, 15) is 5.11 Å². The van der Waals surface area contributed by atoms with Crippen molar-refractivity contribution in [3.8, 4) is 0 Å². The van der Waals surface area contributed by atoms with E-state index in [-0.39, 0.29) is 12.0 Å². The summed E-state index contributed by atoms with van der Waals surface area (Å²) >= 11 is 6.90. The van der Waals surface area contributed by atoms with E-state index in [2.05, 4.69) is 35.5 Å². The molecule has 4 nitrogen and oxygen atoms in total. The number of aromatic amines is 1. The van der Waals surface area contributed by atoms with Crippen LogP contribution in [0.4, 0.5) is 0 Å². The topological polar surface area (TPSA) is 53.8 Å². The summed E-state index contributed by atoms with van der Waals surface area (Å²) in [4.78, 5) is 1.30. The van der Waals surface area contributed by atoms with E-state index >= 15 is 0 Å². The lowest BCUT2D eigenvalue weighted by Gasteiger charge is -2.24. The molecule has 92 valence electrons. The molecule has 0 saturated carbocycles. The summed E-state index contributed by atoms with van der Waals surface area (Å²) in [5.74, 6) is 0.583. The predicted molar refractivity (Wildman–Crippen MR) is 70.7 cm³/mol. The predicted octanol–water partition coefficient (Wildman–Crippen LogP) is 2.47. The van der Waals surface area contributed by atoms with Crippen molar-refractivity contribution < 1.29 is 5.11 Å². The number of thiophene rings is 1. The first-order chi connectivity index (χ1) is 8.04. The number of rotatable bonds is 4. The van der Waals surface area contributed by atoms with Crippen molar-refractivity contribution in [2.24, 2.45) is 0 Å². The first-order valence-electron chi connectivity index (χ1n) is 5.33. The Labute approximate surface area is 109 Å². The van der Waals surface area contributed by atoms with Gasteiger partial charge in [0.15, 0.2) is 10.6 Å². The Morgan fingerprint density at radius 3 is 2.94 bits per heavy atom. The van der Waals surface area contributed by atoms with Gasteiger partial charge >= 0.3 is 0 Å². The fourth-order valence-corrected chi connectivity index (χ4v) is 2.83. The molecule has 0 aromatic carbocycles. The molecule has 0 saturated heterocycles. The Bertz CT molecular complexity index is 539. The molecule has 0 aliphatic rings. The fourth-order valence-electron chi connectivity index (χ4n) is 1.77. The first-order valence-corrected chi connectivity index (χ1v) is 6.62. The second-order valence-corrected chi connectivity index (χ2v) is 5.88. The molecule has 2 aromatic rings. The smallest absolute Gasteiger partial charge is 0.195 e. The van der Waals surface area contributed by atoms with Gasteiger partial charge in [0.05, 0.1) is 0 Å². The molecule has 2 aromatic heterocycles. The number of hydrogen-bond acceptors (Lipinski definition) is 4. The standard InChI is InChI=1S/C11H15N3OS2/c1-11(2,8-4-3-5-17-8)7-14-9(6-15)12-13-10(14)16/h3-5,15H,6-7H2,1-2H3,(H,13,16). The molecule has 2 rings (SSSR count). The molecule has 0 aliphatic heterocycles. The lowest BCUT2D eigenvalue weighted by molar-refractivity contribution is 0.260. The monoisotopic (exact) mass is 269 g/mol. The molecule has 0 atom stereocenters. The minimum Gasteiger partial charge on any atom is -0.388 e. The van der Waals surface area contributed by atoms with Gasteiger partial charge in [0.1, 0.15) is 6.61 Å². The summed E-state index contributed by atoms with van der Waals surface area (Å²) in [6.07, 6.45) is 0. The summed E-state index contributed by atoms with van der Waals surface area (Å²) < 4.78 is 2.41. The number of nitrogens with one attached hydrogen (secondary N) is 1. The SMILES string of the molecule is CC(C)(Cn1c(CO)n[nH]c1=S)c1cccs1. The van der Waals surface area contributed by atoms with Crippen LogP contribution in [-0.2, 0) is 18.6 Å². The van der Waals surface area contributed by atoms with Gasteiger partial charge in [0.2, 0.25) is 0 Å². The van der Waals surface area contributed by atoms with Crippen molar-refractivity contribution in [1.82, 2.24) is 14.8 Å². The summed E-state index contributed by atoms with van der Waals surface area (Å²) in [6, 6.07) is 4.16.